The van der Waals surface area contributed by atoms with E-state index in [4.69, 9.17) is 0 Å². The largest absolute Gasteiger partial charge is 0.311 e. The van der Waals surface area contributed by atoms with Crippen molar-refractivity contribution >= 4 is 40.1 Å². The van der Waals surface area contributed by atoms with E-state index < -0.39 is 0 Å². The Morgan fingerprint density at radius 2 is 1.12 bits per heavy atom. The zero-order valence-corrected chi connectivity index (χ0v) is 18.9. The lowest BCUT2D eigenvalue weighted by Gasteiger charge is -2.25. The van der Waals surface area contributed by atoms with Gasteiger partial charge in [-0.3, -0.25) is 4.98 Å². The molecule has 1 heterocycles. The summed E-state index contributed by atoms with van der Waals surface area (Å²) in [4.78, 5) is 6.75. The van der Waals surface area contributed by atoms with Gasteiger partial charge in [0.25, 0.3) is 0 Å². The first-order valence-electron chi connectivity index (χ1n) is 11.2. The molecule has 4 aromatic carbocycles. The van der Waals surface area contributed by atoms with E-state index in [9.17, 15) is 0 Å². The maximum Gasteiger partial charge on any atom is 0.0707 e. The fraction of sp³-hybridized carbons (Fsp3) is 0.0645. The van der Waals surface area contributed by atoms with Crippen molar-refractivity contribution in [1.29, 1.82) is 0 Å². The molecular weight excluding hydrogens is 400 g/mol. The molecule has 0 aliphatic rings. The Bertz CT molecular complexity index is 1350. The second-order valence-electron chi connectivity index (χ2n) is 8.35. The van der Waals surface area contributed by atoms with E-state index in [0.29, 0.717) is 0 Å². The lowest BCUT2D eigenvalue weighted by atomic mass is 10.1. The third-order valence-corrected chi connectivity index (χ3v) is 5.87. The number of benzene rings is 4. The summed E-state index contributed by atoms with van der Waals surface area (Å²) in [5, 5.41) is 1.16. The van der Waals surface area contributed by atoms with Crippen molar-refractivity contribution in [2.75, 3.05) is 4.90 Å². The molecule has 160 valence electrons. The highest BCUT2D eigenvalue weighted by Gasteiger charge is 2.12. The molecule has 2 nitrogen and oxygen atoms in total. The van der Waals surface area contributed by atoms with Gasteiger partial charge in [-0.15, -0.1) is 0 Å². The average Bonchev–Trinajstić information content (AvgIpc) is 2.86. The van der Waals surface area contributed by atoms with Crippen molar-refractivity contribution < 1.29 is 0 Å². The Hall–Kier alpha value is -4.17. The molecule has 1 aromatic heterocycles. The minimum absolute atomic E-state index is 1.02. The van der Waals surface area contributed by atoms with Gasteiger partial charge < -0.3 is 4.90 Å². The van der Waals surface area contributed by atoms with E-state index in [1.807, 2.05) is 18.3 Å². The Morgan fingerprint density at radius 3 is 1.73 bits per heavy atom. The molecule has 0 N–H and O–H groups in total. The average molecular weight is 427 g/mol. The fourth-order valence-electron chi connectivity index (χ4n) is 4.02. The van der Waals surface area contributed by atoms with Crippen LogP contribution in [-0.2, 0) is 0 Å². The van der Waals surface area contributed by atoms with E-state index in [1.165, 1.54) is 16.7 Å². The number of fused-ring (bicyclic) bond motifs is 1. The molecule has 0 bridgehead atoms. The second-order valence-corrected chi connectivity index (χ2v) is 8.35. The lowest BCUT2D eigenvalue weighted by molar-refractivity contribution is 1.27. The normalized spacial score (nSPS) is 11.2. The first-order chi connectivity index (χ1) is 16.2. The summed E-state index contributed by atoms with van der Waals surface area (Å²) in [6, 6.07) is 36.4. The summed E-state index contributed by atoms with van der Waals surface area (Å²) in [5.74, 6) is 0. The van der Waals surface area contributed by atoms with Gasteiger partial charge in [-0.05, 0) is 73.5 Å². The van der Waals surface area contributed by atoms with Gasteiger partial charge in [0.1, 0.15) is 0 Å². The summed E-state index contributed by atoms with van der Waals surface area (Å²) in [5.41, 5.74) is 9.29. The smallest absolute Gasteiger partial charge is 0.0707 e. The number of nitrogens with zero attached hydrogens (tertiary/aromatic N) is 2. The highest BCUT2D eigenvalue weighted by atomic mass is 15.1. The predicted octanol–water partition coefficient (Wildman–Crippen LogP) is 8.49. The highest BCUT2D eigenvalue weighted by Crippen LogP contribution is 2.35. The minimum atomic E-state index is 1.02. The Kier molecular flexibility index (Phi) is 5.73. The minimum Gasteiger partial charge on any atom is -0.311 e. The van der Waals surface area contributed by atoms with Gasteiger partial charge in [0.05, 0.1) is 5.52 Å². The summed E-state index contributed by atoms with van der Waals surface area (Å²) >= 11 is 0. The SMILES string of the molecule is Cc1ccc(N(c2ccc(C)cc2)c2ccc(C=Cc3ccnc4ccccc34)cc2)cc1. The third kappa shape index (κ3) is 4.56. The number of hydrogen-bond acceptors (Lipinski definition) is 2. The topological polar surface area (TPSA) is 16.1 Å². The van der Waals surface area contributed by atoms with Gasteiger partial charge in [0.2, 0.25) is 0 Å². The predicted molar refractivity (Wildman–Crippen MR) is 141 cm³/mol. The zero-order valence-electron chi connectivity index (χ0n) is 18.9. The molecule has 33 heavy (non-hydrogen) atoms. The Labute approximate surface area is 195 Å². The van der Waals surface area contributed by atoms with Crippen molar-refractivity contribution in [1.82, 2.24) is 4.98 Å². The molecule has 0 atom stereocenters. The van der Waals surface area contributed by atoms with Crippen LogP contribution in [0, 0.1) is 13.8 Å². The first kappa shape index (κ1) is 20.7. The molecule has 0 aliphatic carbocycles. The van der Waals surface area contributed by atoms with E-state index in [-0.39, 0.29) is 0 Å². The molecule has 5 aromatic rings. The van der Waals surface area contributed by atoms with Gasteiger partial charge in [0, 0.05) is 28.6 Å². The van der Waals surface area contributed by atoms with Gasteiger partial charge in [0.15, 0.2) is 0 Å². The van der Waals surface area contributed by atoms with Gasteiger partial charge >= 0.3 is 0 Å². The van der Waals surface area contributed by atoms with Crippen molar-refractivity contribution in [3.8, 4) is 0 Å². The molecule has 5 rings (SSSR count). The van der Waals surface area contributed by atoms with Crippen LogP contribution in [0.25, 0.3) is 23.1 Å². The molecular formula is C31H26N2. The molecule has 0 aliphatic heterocycles. The van der Waals surface area contributed by atoms with E-state index in [2.05, 4.69) is 127 Å². The monoisotopic (exact) mass is 426 g/mol. The Morgan fingerprint density at radius 1 is 0.576 bits per heavy atom. The number of pyridine rings is 1. The van der Waals surface area contributed by atoms with Crippen LogP contribution >= 0.6 is 0 Å². The summed E-state index contributed by atoms with van der Waals surface area (Å²) in [7, 11) is 0. The van der Waals surface area contributed by atoms with Crippen molar-refractivity contribution in [2.24, 2.45) is 0 Å². The number of aryl methyl sites for hydroxylation is 2. The molecule has 2 heteroatoms. The summed E-state index contributed by atoms with van der Waals surface area (Å²) in [6.45, 7) is 4.24. The quantitative estimate of drug-likeness (QED) is 0.280. The van der Waals surface area contributed by atoms with Gasteiger partial charge in [-0.2, -0.15) is 0 Å². The molecule has 0 saturated carbocycles. The number of hydrogen-bond donors (Lipinski definition) is 0. The van der Waals surface area contributed by atoms with E-state index in [0.717, 1.165) is 33.5 Å². The molecule has 0 spiro atoms. The fourth-order valence-corrected chi connectivity index (χ4v) is 4.02. The second kappa shape index (κ2) is 9.13. The molecule has 0 radical (unpaired) electrons. The van der Waals surface area contributed by atoms with Crippen LogP contribution < -0.4 is 4.90 Å². The number of para-hydroxylation sites is 1. The maximum absolute atomic E-state index is 4.46. The van der Waals surface area contributed by atoms with Crippen LogP contribution in [0.2, 0.25) is 0 Å². The molecule has 0 unspecified atom stereocenters. The van der Waals surface area contributed by atoms with Crippen molar-refractivity contribution in [3.05, 3.63) is 132 Å². The van der Waals surface area contributed by atoms with Crippen LogP contribution in [0.4, 0.5) is 17.1 Å². The van der Waals surface area contributed by atoms with Crippen LogP contribution in [0.3, 0.4) is 0 Å². The van der Waals surface area contributed by atoms with Crippen LogP contribution in [0.15, 0.2) is 109 Å². The Balaban J connectivity index is 1.47. The van der Waals surface area contributed by atoms with Crippen molar-refractivity contribution in [3.63, 3.8) is 0 Å². The van der Waals surface area contributed by atoms with Gasteiger partial charge in [-0.25, -0.2) is 0 Å². The number of aromatic nitrogens is 1. The lowest BCUT2D eigenvalue weighted by Crippen LogP contribution is -2.09. The zero-order chi connectivity index (χ0) is 22.6. The third-order valence-electron chi connectivity index (χ3n) is 5.87. The first-order valence-corrected chi connectivity index (χ1v) is 11.2. The maximum atomic E-state index is 4.46. The van der Waals surface area contributed by atoms with Crippen LogP contribution in [0.1, 0.15) is 22.3 Å². The number of rotatable bonds is 5. The van der Waals surface area contributed by atoms with Crippen LogP contribution in [0.5, 0.6) is 0 Å². The number of anilines is 3. The standard InChI is InChI=1S/C31H26N2/c1-23-7-15-27(16-8-23)33(28-17-9-24(2)10-18-28)29-19-12-25(13-20-29)11-14-26-21-22-32-31-6-4-3-5-30(26)31/h3-22H,1-2H3. The summed E-state index contributed by atoms with van der Waals surface area (Å²) < 4.78 is 0. The highest BCUT2D eigenvalue weighted by molar-refractivity contribution is 5.90. The van der Waals surface area contributed by atoms with Crippen LogP contribution in [-0.4, -0.2) is 4.98 Å². The van der Waals surface area contributed by atoms with Gasteiger partial charge in [-0.1, -0.05) is 77.9 Å². The molecule has 0 fully saturated rings. The molecule has 0 saturated heterocycles. The molecule has 0 amide bonds. The van der Waals surface area contributed by atoms with Crippen molar-refractivity contribution in [2.45, 2.75) is 13.8 Å². The van der Waals surface area contributed by atoms with E-state index >= 15 is 0 Å². The van der Waals surface area contributed by atoms with E-state index in [1.54, 1.807) is 0 Å². The summed E-state index contributed by atoms with van der Waals surface area (Å²) in [6.07, 6.45) is 6.19.